The van der Waals surface area contributed by atoms with E-state index in [-0.39, 0.29) is 0 Å². The molecule has 1 heteroatoms. The Labute approximate surface area is 77.2 Å². The monoisotopic (exact) mass is 169 g/mol. The summed E-state index contributed by atoms with van der Waals surface area (Å²) in [5.74, 6) is 0.766. The largest absolute Gasteiger partial charge is 0.314 e. The zero-order valence-electron chi connectivity index (χ0n) is 8.77. The maximum absolute atomic E-state index is 3.75. The highest BCUT2D eigenvalue weighted by Gasteiger charge is 2.05. The predicted molar refractivity (Wildman–Crippen MR) is 56.4 cm³/mol. The lowest BCUT2D eigenvalue weighted by Crippen LogP contribution is -2.28. The van der Waals surface area contributed by atoms with Gasteiger partial charge in [0.15, 0.2) is 0 Å². The molecule has 0 saturated heterocycles. The third kappa shape index (κ3) is 6.41. The van der Waals surface area contributed by atoms with Gasteiger partial charge >= 0.3 is 0 Å². The topological polar surface area (TPSA) is 12.0 Å². The van der Waals surface area contributed by atoms with E-state index < -0.39 is 0 Å². The molecule has 1 nitrogen and oxygen atoms in total. The molecule has 0 bridgehead atoms. The lowest BCUT2D eigenvalue weighted by atomic mass is 9.99. The molecule has 0 aromatic rings. The SMILES string of the molecule is C=CCC(C)CC(C)NCCC. The van der Waals surface area contributed by atoms with E-state index in [1.165, 1.54) is 12.8 Å². The second-order valence-corrected chi connectivity index (χ2v) is 3.72. The number of nitrogens with one attached hydrogen (secondary N) is 1. The Balaban J connectivity index is 3.39. The minimum atomic E-state index is 0.653. The van der Waals surface area contributed by atoms with Crippen molar-refractivity contribution in [2.24, 2.45) is 5.92 Å². The maximum atomic E-state index is 3.75. The molecule has 0 saturated carbocycles. The van der Waals surface area contributed by atoms with Crippen molar-refractivity contribution in [2.45, 2.75) is 46.1 Å². The van der Waals surface area contributed by atoms with Gasteiger partial charge in [0, 0.05) is 6.04 Å². The number of allylic oxidation sites excluding steroid dienone is 1. The molecule has 2 atom stereocenters. The van der Waals surface area contributed by atoms with Crippen LogP contribution in [0.3, 0.4) is 0 Å². The molecule has 0 heterocycles. The van der Waals surface area contributed by atoms with Crippen LogP contribution in [0.5, 0.6) is 0 Å². The fourth-order valence-electron chi connectivity index (χ4n) is 1.46. The first-order chi connectivity index (χ1) is 5.70. The summed E-state index contributed by atoms with van der Waals surface area (Å²) in [4.78, 5) is 0. The summed E-state index contributed by atoms with van der Waals surface area (Å²) in [6.07, 6.45) is 5.63. The van der Waals surface area contributed by atoms with E-state index in [1.807, 2.05) is 6.08 Å². The van der Waals surface area contributed by atoms with Gasteiger partial charge in [-0.15, -0.1) is 6.58 Å². The summed E-state index contributed by atoms with van der Waals surface area (Å²) in [5, 5.41) is 3.49. The van der Waals surface area contributed by atoms with Crippen LogP contribution in [0.2, 0.25) is 0 Å². The Morgan fingerprint density at radius 3 is 2.58 bits per heavy atom. The van der Waals surface area contributed by atoms with Crippen molar-refractivity contribution < 1.29 is 0 Å². The molecule has 1 N–H and O–H groups in total. The third-order valence-corrected chi connectivity index (χ3v) is 2.07. The molecule has 0 aliphatic rings. The van der Waals surface area contributed by atoms with Crippen LogP contribution in [0.15, 0.2) is 12.7 Å². The predicted octanol–water partition coefficient (Wildman–Crippen LogP) is 2.98. The van der Waals surface area contributed by atoms with Crippen molar-refractivity contribution in [3.05, 3.63) is 12.7 Å². The van der Waals surface area contributed by atoms with Crippen molar-refractivity contribution in [2.75, 3.05) is 6.54 Å². The second kappa shape index (κ2) is 7.35. The molecule has 0 amide bonds. The molecular formula is C11H23N. The summed E-state index contributed by atoms with van der Waals surface area (Å²) in [7, 11) is 0. The van der Waals surface area contributed by atoms with Gasteiger partial charge in [-0.05, 0) is 38.6 Å². The van der Waals surface area contributed by atoms with Gasteiger partial charge in [0.05, 0.1) is 0 Å². The Morgan fingerprint density at radius 1 is 1.42 bits per heavy atom. The van der Waals surface area contributed by atoms with Crippen LogP contribution < -0.4 is 5.32 Å². The van der Waals surface area contributed by atoms with E-state index in [9.17, 15) is 0 Å². The highest BCUT2D eigenvalue weighted by molar-refractivity contribution is 4.73. The molecule has 0 spiro atoms. The number of hydrogen-bond donors (Lipinski definition) is 1. The lowest BCUT2D eigenvalue weighted by molar-refractivity contribution is 0.424. The van der Waals surface area contributed by atoms with E-state index >= 15 is 0 Å². The fraction of sp³-hybridized carbons (Fsp3) is 0.818. The molecular weight excluding hydrogens is 146 g/mol. The molecule has 0 aliphatic carbocycles. The Bertz CT molecular complexity index is 110. The fourth-order valence-corrected chi connectivity index (χ4v) is 1.46. The average Bonchev–Trinajstić information content (AvgIpc) is 2.01. The van der Waals surface area contributed by atoms with Crippen LogP contribution in [0.25, 0.3) is 0 Å². The molecule has 12 heavy (non-hydrogen) atoms. The Morgan fingerprint density at radius 2 is 2.08 bits per heavy atom. The van der Waals surface area contributed by atoms with Crippen LogP contribution in [0.4, 0.5) is 0 Å². The Kier molecular flexibility index (Phi) is 7.17. The average molecular weight is 169 g/mol. The van der Waals surface area contributed by atoms with E-state index in [0.717, 1.165) is 18.9 Å². The summed E-state index contributed by atoms with van der Waals surface area (Å²) in [6.45, 7) is 11.6. The molecule has 72 valence electrons. The van der Waals surface area contributed by atoms with Gasteiger partial charge in [-0.1, -0.05) is 19.9 Å². The molecule has 0 radical (unpaired) electrons. The van der Waals surface area contributed by atoms with Crippen molar-refractivity contribution in [3.8, 4) is 0 Å². The first kappa shape index (κ1) is 11.7. The zero-order chi connectivity index (χ0) is 9.40. The number of rotatable bonds is 7. The van der Waals surface area contributed by atoms with Crippen LogP contribution in [0, 0.1) is 5.92 Å². The van der Waals surface area contributed by atoms with Gasteiger partial charge in [0.25, 0.3) is 0 Å². The molecule has 0 rings (SSSR count). The van der Waals surface area contributed by atoms with Gasteiger partial charge < -0.3 is 5.32 Å². The Hall–Kier alpha value is -0.300. The molecule has 0 aliphatic heterocycles. The van der Waals surface area contributed by atoms with E-state index in [1.54, 1.807) is 0 Å². The van der Waals surface area contributed by atoms with Gasteiger partial charge in [-0.3, -0.25) is 0 Å². The van der Waals surface area contributed by atoms with Crippen LogP contribution >= 0.6 is 0 Å². The molecule has 0 aromatic carbocycles. The normalized spacial score (nSPS) is 15.6. The molecule has 0 aromatic heterocycles. The smallest absolute Gasteiger partial charge is 0.00413 e. The minimum Gasteiger partial charge on any atom is -0.314 e. The third-order valence-electron chi connectivity index (χ3n) is 2.07. The van der Waals surface area contributed by atoms with E-state index in [4.69, 9.17) is 0 Å². The van der Waals surface area contributed by atoms with Gasteiger partial charge in [-0.25, -0.2) is 0 Å². The second-order valence-electron chi connectivity index (χ2n) is 3.72. The van der Waals surface area contributed by atoms with Crippen molar-refractivity contribution in [1.82, 2.24) is 5.32 Å². The van der Waals surface area contributed by atoms with Crippen molar-refractivity contribution >= 4 is 0 Å². The van der Waals surface area contributed by atoms with Gasteiger partial charge in [-0.2, -0.15) is 0 Å². The highest BCUT2D eigenvalue weighted by Crippen LogP contribution is 2.10. The molecule has 0 fully saturated rings. The first-order valence-corrected chi connectivity index (χ1v) is 5.05. The molecule has 2 unspecified atom stereocenters. The van der Waals surface area contributed by atoms with Crippen LogP contribution in [0.1, 0.15) is 40.0 Å². The van der Waals surface area contributed by atoms with Crippen molar-refractivity contribution in [3.63, 3.8) is 0 Å². The van der Waals surface area contributed by atoms with Crippen LogP contribution in [-0.4, -0.2) is 12.6 Å². The zero-order valence-corrected chi connectivity index (χ0v) is 8.77. The standard InChI is InChI=1S/C11H23N/c1-5-7-10(3)9-11(4)12-8-6-2/h5,10-12H,1,6-9H2,2-4H3. The lowest BCUT2D eigenvalue weighted by Gasteiger charge is -2.16. The number of hydrogen-bond acceptors (Lipinski definition) is 1. The van der Waals surface area contributed by atoms with E-state index in [0.29, 0.717) is 6.04 Å². The maximum Gasteiger partial charge on any atom is 0.00413 e. The van der Waals surface area contributed by atoms with Gasteiger partial charge in [0.1, 0.15) is 0 Å². The summed E-state index contributed by atoms with van der Waals surface area (Å²) >= 11 is 0. The van der Waals surface area contributed by atoms with Gasteiger partial charge in [0.2, 0.25) is 0 Å². The minimum absolute atomic E-state index is 0.653. The van der Waals surface area contributed by atoms with E-state index in [2.05, 4.69) is 32.7 Å². The highest BCUT2D eigenvalue weighted by atomic mass is 14.9. The summed E-state index contributed by atoms with van der Waals surface area (Å²) in [5.41, 5.74) is 0. The first-order valence-electron chi connectivity index (χ1n) is 5.05. The quantitative estimate of drug-likeness (QED) is 0.578. The summed E-state index contributed by atoms with van der Waals surface area (Å²) in [6, 6.07) is 0.653. The van der Waals surface area contributed by atoms with Crippen molar-refractivity contribution in [1.29, 1.82) is 0 Å². The van der Waals surface area contributed by atoms with Crippen LogP contribution in [-0.2, 0) is 0 Å². The summed E-state index contributed by atoms with van der Waals surface area (Å²) < 4.78 is 0.